The molecular weight excluding hydrogens is 608 g/mol. The molecule has 2 amide bonds. The first kappa shape index (κ1) is 32.1. The van der Waals surface area contributed by atoms with Gasteiger partial charge < -0.3 is 24.8 Å². The lowest BCUT2D eigenvalue weighted by Gasteiger charge is -2.38. The number of aliphatic carboxylic acids is 1. The van der Waals surface area contributed by atoms with Crippen LogP contribution in [0.4, 0.5) is 0 Å². The largest absolute Gasteiger partial charge is 0.479 e. The summed E-state index contributed by atoms with van der Waals surface area (Å²) in [5, 5.41) is 13.5. The van der Waals surface area contributed by atoms with Gasteiger partial charge in [0.25, 0.3) is 0 Å². The number of amides is 2. The minimum Gasteiger partial charge on any atom is -0.479 e. The monoisotopic (exact) mass is 648 g/mol. The van der Waals surface area contributed by atoms with Crippen LogP contribution >= 0.6 is 11.6 Å². The molecule has 244 valence electrons. The van der Waals surface area contributed by atoms with Gasteiger partial charge in [-0.15, -0.1) is 0 Å². The second-order valence-electron chi connectivity index (χ2n) is 13.1. The molecule has 0 spiro atoms. The van der Waals surface area contributed by atoms with Gasteiger partial charge in [-0.25, -0.2) is 4.79 Å². The molecule has 46 heavy (non-hydrogen) atoms. The predicted octanol–water partition coefficient (Wildman–Crippen LogP) is 6.36. The Morgan fingerprint density at radius 2 is 1.76 bits per heavy atom. The molecule has 2 fully saturated rings. The molecule has 2 aromatic rings. The number of fused-ring (bicyclic) bond motifs is 3. The van der Waals surface area contributed by atoms with E-state index in [0.29, 0.717) is 29.4 Å². The van der Waals surface area contributed by atoms with Gasteiger partial charge in [-0.05, 0) is 92.8 Å². The van der Waals surface area contributed by atoms with Crippen LogP contribution in [0, 0.1) is 11.8 Å². The fourth-order valence-corrected chi connectivity index (χ4v) is 7.28. The van der Waals surface area contributed by atoms with Crippen LogP contribution in [0.5, 0.6) is 11.5 Å². The molecule has 4 aliphatic rings. The summed E-state index contributed by atoms with van der Waals surface area (Å²) < 4.78 is 11.8. The van der Waals surface area contributed by atoms with Crippen molar-refractivity contribution in [1.82, 2.24) is 10.2 Å². The Balaban J connectivity index is 1.29. The second-order valence-corrected chi connectivity index (χ2v) is 13.6. The van der Waals surface area contributed by atoms with Gasteiger partial charge in [0, 0.05) is 29.8 Å². The number of carboxylic acids is 1. The number of carbonyl (C=O) groups excluding carboxylic acids is 3. The topological polar surface area (TPSA) is 122 Å². The van der Waals surface area contributed by atoms with E-state index < -0.39 is 29.4 Å². The number of carboxylic acid groups (broad SMARTS) is 1. The summed E-state index contributed by atoms with van der Waals surface area (Å²) in [5.74, 6) is -2.08. The molecule has 2 N–H and O–H groups in total. The highest BCUT2D eigenvalue weighted by atomic mass is 35.5. The fourth-order valence-electron chi connectivity index (χ4n) is 7.10. The molecule has 2 heterocycles. The normalized spacial score (nSPS) is 27.6. The van der Waals surface area contributed by atoms with Crippen molar-refractivity contribution < 1.29 is 33.8 Å². The van der Waals surface area contributed by atoms with E-state index in [1.165, 1.54) is 0 Å². The number of nitrogens with one attached hydrogen (secondary N) is 1. The van der Waals surface area contributed by atoms with Crippen molar-refractivity contribution in [1.29, 1.82) is 0 Å². The Hall–Kier alpha value is -3.85. The third-order valence-electron chi connectivity index (χ3n) is 9.82. The first-order valence-corrected chi connectivity index (χ1v) is 16.9. The van der Waals surface area contributed by atoms with E-state index >= 15 is 0 Å². The number of rotatable bonds is 6. The quantitative estimate of drug-likeness (QED) is 0.276. The summed E-state index contributed by atoms with van der Waals surface area (Å²) in [4.78, 5) is 55.4. The molecule has 10 heteroatoms. The van der Waals surface area contributed by atoms with Gasteiger partial charge in [0.15, 0.2) is 0 Å². The molecule has 2 saturated carbocycles. The first-order chi connectivity index (χ1) is 22.2. The Morgan fingerprint density at radius 3 is 2.54 bits per heavy atom. The molecule has 2 aromatic carbocycles. The van der Waals surface area contributed by atoms with Crippen LogP contribution < -0.4 is 10.1 Å². The van der Waals surface area contributed by atoms with Gasteiger partial charge in [0.2, 0.25) is 11.8 Å². The SMILES string of the molecule is O=C(C[C@H]1CCCCC/C=C\[C@@H]2C[C@@]2(C(=O)O)NC(=O)C2Cc3cc(Oc4cccc(Cl)c4)ccc3CN2C1=O)OC1CCCC1. The van der Waals surface area contributed by atoms with Crippen molar-refractivity contribution in [3.05, 3.63) is 70.8 Å². The smallest absolute Gasteiger partial charge is 0.330 e. The average molecular weight is 649 g/mol. The molecule has 6 rings (SSSR count). The molecule has 0 saturated heterocycles. The molecule has 0 radical (unpaired) electrons. The number of ether oxygens (including phenoxy) is 2. The minimum atomic E-state index is -1.40. The van der Waals surface area contributed by atoms with Gasteiger partial charge in [-0.3, -0.25) is 14.4 Å². The summed E-state index contributed by atoms with van der Waals surface area (Å²) in [6.45, 7) is 0.154. The number of esters is 1. The number of carbonyl (C=O) groups is 4. The van der Waals surface area contributed by atoms with Crippen molar-refractivity contribution in [3.8, 4) is 11.5 Å². The summed E-state index contributed by atoms with van der Waals surface area (Å²) in [6, 6.07) is 11.6. The van der Waals surface area contributed by atoms with Crippen LogP contribution in [-0.2, 0) is 36.9 Å². The summed E-state index contributed by atoms with van der Waals surface area (Å²) in [6.07, 6.45) is 11.8. The standard InChI is InChI=1S/C36H41ClN2O7/c37-27-11-8-14-29(20-27)45-30-16-15-24-22-39-31(18-25(24)17-30)33(41)38-36(35(43)44)21-26(36)10-5-3-1-2-4-9-23(34(39)42)19-32(40)46-28-12-6-7-13-28/h5,8,10-11,14-17,20,23,26,28,31H,1-4,6-7,9,12-13,18-19,21-22H2,(H,38,41)(H,43,44)/b10-5-/t23-,26-,31?,36-/m1/s1. The highest BCUT2D eigenvalue weighted by Crippen LogP contribution is 2.45. The van der Waals surface area contributed by atoms with Gasteiger partial charge in [-0.2, -0.15) is 0 Å². The van der Waals surface area contributed by atoms with E-state index in [0.717, 1.165) is 62.5 Å². The average Bonchev–Trinajstić information content (AvgIpc) is 3.48. The van der Waals surface area contributed by atoms with E-state index in [1.54, 1.807) is 29.2 Å². The van der Waals surface area contributed by atoms with Crippen LogP contribution in [0.15, 0.2) is 54.6 Å². The van der Waals surface area contributed by atoms with Gasteiger partial charge >= 0.3 is 11.9 Å². The van der Waals surface area contributed by atoms with Crippen LogP contribution in [0.25, 0.3) is 0 Å². The molecule has 2 aliphatic carbocycles. The van der Waals surface area contributed by atoms with Crippen molar-refractivity contribution in [2.45, 2.75) is 101 Å². The summed E-state index contributed by atoms with van der Waals surface area (Å²) in [7, 11) is 0. The number of hydrogen-bond donors (Lipinski definition) is 2. The minimum absolute atomic E-state index is 0.0412. The van der Waals surface area contributed by atoms with Crippen LogP contribution in [-0.4, -0.2) is 51.4 Å². The lowest BCUT2D eigenvalue weighted by atomic mass is 9.89. The molecular formula is C36H41ClN2O7. The predicted molar refractivity (Wildman–Crippen MR) is 171 cm³/mol. The van der Waals surface area contributed by atoms with Gasteiger partial charge in [-0.1, -0.05) is 48.7 Å². The van der Waals surface area contributed by atoms with Crippen molar-refractivity contribution in [2.75, 3.05) is 0 Å². The van der Waals surface area contributed by atoms with Crippen LogP contribution in [0.1, 0.15) is 81.8 Å². The third-order valence-corrected chi connectivity index (χ3v) is 10.1. The number of halogens is 1. The number of hydrogen-bond acceptors (Lipinski definition) is 6. The number of benzene rings is 2. The molecule has 2 aliphatic heterocycles. The summed E-state index contributed by atoms with van der Waals surface area (Å²) >= 11 is 6.13. The highest BCUT2D eigenvalue weighted by Gasteiger charge is 2.61. The Labute approximate surface area is 274 Å². The molecule has 0 bridgehead atoms. The van der Waals surface area contributed by atoms with E-state index in [1.807, 2.05) is 30.4 Å². The first-order valence-electron chi connectivity index (χ1n) is 16.5. The zero-order chi connectivity index (χ0) is 32.3. The van der Waals surface area contributed by atoms with E-state index in [9.17, 15) is 24.3 Å². The number of nitrogens with zero attached hydrogens (tertiary/aromatic N) is 1. The van der Waals surface area contributed by atoms with Gasteiger partial charge in [0.05, 0.1) is 6.42 Å². The summed E-state index contributed by atoms with van der Waals surface area (Å²) in [5.41, 5.74) is 0.293. The zero-order valence-corrected chi connectivity index (χ0v) is 26.7. The molecule has 4 atom stereocenters. The lowest BCUT2D eigenvalue weighted by molar-refractivity contribution is -0.155. The third kappa shape index (κ3) is 7.25. The van der Waals surface area contributed by atoms with Crippen LogP contribution in [0.2, 0.25) is 5.02 Å². The van der Waals surface area contributed by atoms with E-state index in [4.69, 9.17) is 21.1 Å². The molecule has 1 unspecified atom stereocenters. The Bertz CT molecular complexity index is 1520. The number of allylic oxidation sites excluding steroid dienone is 1. The maximum atomic E-state index is 14.4. The van der Waals surface area contributed by atoms with E-state index in [-0.39, 0.29) is 43.3 Å². The van der Waals surface area contributed by atoms with Crippen LogP contribution in [0.3, 0.4) is 0 Å². The van der Waals surface area contributed by atoms with E-state index in [2.05, 4.69) is 5.32 Å². The highest BCUT2D eigenvalue weighted by molar-refractivity contribution is 6.30. The van der Waals surface area contributed by atoms with Crippen molar-refractivity contribution >= 4 is 35.4 Å². The lowest BCUT2D eigenvalue weighted by Crippen LogP contribution is -2.57. The fraction of sp³-hybridized carbons (Fsp3) is 0.500. The molecule has 9 nitrogen and oxygen atoms in total. The molecule has 0 aromatic heterocycles. The van der Waals surface area contributed by atoms with Crippen molar-refractivity contribution in [2.24, 2.45) is 11.8 Å². The Kier molecular flexibility index (Phi) is 9.68. The second kappa shape index (κ2) is 13.9. The maximum Gasteiger partial charge on any atom is 0.330 e. The zero-order valence-electron chi connectivity index (χ0n) is 25.9. The van der Waals surface area contributed by atoms with Crippen molar-refractivity contribution in [3.63, 3.8) is 0 Å². The maximum absolute atomic E-state index is 14.4. The Morgan fingerprint density at radius 1 is 0.978 bits per heavy atom. The van der Waals surface area contributed by atoms with Gasteiger partial charge in [0.1, 0.15) is 29.2 Å².